The molecule has 70 valence electrons. The lowest BCUT2D eigenvalue weighted by atomic mass is 10.1. The second-order valence-corrected chi connectivity index (χ2v) is 3.27. The number of hydrogen-bond donors (Lipinski definition) is 2. The zero-order valence-electron chi connectivity index (χ0n) is 7.66. The topological polar surface area (TPSA) is 52.0 Å². The van der Waals surface area contributed by atoms with E-state index in [1.54, 1.807) is 5.41 Å². The molecule has 0 saturated heterocycles. The van der Waals surface area contributed by atoms with E-state index >= 15 is 0 Å². The molecular formula is C10H14N2S. The number of hydrogen-bond acceptors (Lipinski definition) is 3. The van der Waals surface area contributed by atoms with E-state index in [-0.39, 0.29) is 0 Å². The van der Waals surface area contributed by atoms with Crippen molar-refractivity contribution in [2.75, 3.05) is 0 Å². The Bertz CT molecular complexity index is 290. The molecule has 0 aliphatic carbocycles. The van der Waals surface area contributed by atoms with E-state index < -0.39 is 0 Å². The Morgan fingerprint density at radius 3 is 2.46 bits per heavy atom. The standard InChI is InChI=1S/C10H14N2S/c1-2-8-3-5-9(6-4-8)10(11)7-13-12/h3-7H,2,11-12H2,1H3/b10-7-. The number of aryl methyl sites for hydroxylation is 1. The fraction of sp³-hybridized carbons (Fsp3) is 0.200. The van der Waals surface area contributed by atoms with Crippen LogP contribution in [0.3, 0.4) is 0 Å². The molecule has 2 nitrogen and oxygen atoms in total. The maximum absolute atomic E-state index is 5.76. The predicted octanol–water partition coefficient (Wildman–Crippen LogP) is 2.11. The minimum atomic E-state index is 0.718. The molecule has 1 aromatic rings. The predicted molar refractivity (Wildman–Crippen MR) is 59.8 cm³/mol. The fourth-order valence-electron chi connectivity index (χ4n) is 1.07. The highest BCUT2D eigenvalue weighted by Gasteiger charge is 1.95. The first-order valence-electron chi connectivity index (χ1n) is 4.18. The van der Waals surface area contributed by atoms with Gasteiger partial charge in [0.15, 0.2) is 0 Å². The van der Waals surface area contributed by atoms with Gasteiger partial charge in [-0.1, -0.05) is 43.1 Å². The van der Waals surface area contributed by atoms with Crippen molar-refractivity contribution < 1.29 is 0 Å². The SMILES string of the molecule is CCc1ccc(/C(N)=C/SN)cc1. The van der Waals surface area contributed by atoms with Gasteiger partial charge in [0.05, 0.1) is 0 Å². The average Bonchev–Trinajstić information content (AvgIpc) is 2.18. The summed E-state index contributed by atoms with van der Waals surface area (Å²) in [5.74, 6) is 0. The molecule has 4 N–H and O–H groups in total. The van der Waals surface area contributed by atoms with Gasteiger partial charge in [-0.25, -0.2) is 0 Å². The summed E-state index contributed by atoms with van der Waals surface area (Å²) in [4.78, 5) is 0. The Kier molecular flexibility index (Phi) is 3.86. The maximum atomic E-state index is 5.76. The molecule has 0 atom stereocenters. The van der Waals surface area contributed by atoms with Gasteiger partial charge in [0.25, 0.3) is 0 Å². The summed E-state index contributed by atoms with van der Waals surface area (Å²) in [6.07, 6.45) is 1.05. The lowest BCUT2D eigenvalue weighted by Gasteiger charge is -2.02. The van der Waals surface area contributed by atoms with Crippen LogP contribution in [-0.2, 0) is 6.42 Å². The maximum Gasteiger partial charge on any atom is 0.0464 e. The molecule has 0 amide bonds. The minimum absolute atomic E-state index is 0.718. The highest BCUT2D eigenvalue weighted by atomic mass is 32.2. The van der Waals surface area contributed by atoms with Crippen molar-refractivity contribution in [2.45, 2.75) is 13.3 Å². The molecule has 0 bridgehead atoms. The molecule has 0 heterocycles. The number of benzene rings is 1. The van der Waals surface area contributed by atoms with Crippen LogP contribution in [0.15, 0.2) is 29.7 Å². The van der Waals surface area contributed by atoms with Crippen molar-refractivity contribution in [3.05, 3.63) is 40.8 Å². The smallest absolute Gasteiger partial charge is 0.0464 e. The summed E-state index contributed by atoms with van der Waals surface area (Å²) >= 11 is 1.13. The molecule has 13 heavy (non-hydrogen) atoms. The quantitative estimate of drug-likeness (QED) is 0.725. The number of nitrogens with two attached hydrogens (primary N) is 2. The molecule has 0 radical (unpaired) electrons. The van der Waals surface area contributed by atoms with E-state index in [4.69, 9.17) is 10.9 Å². The van der Waals surface area contributed by atoms with Crippen LogP contribution in [0.25, 0.3) is 5.70 Å². The zero-order valence-corrected chi connectivity index (χ0v) is 8.47. The van der Waals surface area contributed by atoms with Gasteiger partial charge in [-0.15, -0.1) is 0 Å². The third kappa shape index (κ3) is 2.79. The monoisotopic (exact) mass is 194 g/mol. The van der Waals surface area contributed by atoms with E-state index in [0.29, 0.717) is 0 Å². The summed E-state index contributed by atoms with van der Waals surface area (Å²) in [6.45, 7) is 2.13. The first-order chi connectivity index (χ1) is 6.27. The average molecular weight is 194 g/mol. The molecule has 1 rings (SSSR count). The van der Waals surface area contributed by atoms with Crippen molar-refractivity contribution in [3.8, 4) is 0 Å². The van der Waals surface area contributed by atoms with Crippen molar-refractivity contribution in [1.29, 1.82) is 0 Å². The summed E-state index contributed by atoms with van der Waals surface area (Å²) in [5.41, 5.74) is 8.81. The van der Waals surface area contributed by atoms with E-state index in [9.17, 15) is 0 Å². The van der Waals surface area contributed by atoms with Crippen molar-refractivity contribution in [2.24, 2.45) is 10.9 Å². The Balaban J connectivity index is 2.85. The highest BCUT2D eigenvalue weighted by Crippen LogP contribution is 2.12. The molecule has 0 spiro atoms. The van der Waals surface area contributed by atoms with Crippen LogP contribution in [-0.4, -0.2) is 0 Å². The largest absolute Gasteiger partial charge is 0.398 e. The molecule has 0 saturated carbocycles. The van der Waals surface area contributed by atoms with E-state index in [0.717, 1.165) is 29.6 Å². The summed E-state index contributed by atoms with van der Waals surface area (Å²) in [5, 5.41) is 7.02. The summed E-state index contributed by atoms with van der Waals surface area (Å²) in [7, 11) is 0. The van der Waals surface area contributed by atoms with Gasteiger partial charge < -0.3 is 5.73 Å². The van der Waals surface area contributed by atoms with Gasteiger partial charge in [-0.05, 0) is 17.5 Å². The number of rotatable bonds is 3. The van der Waals surface area contributed by atoms with Crippen molar-refractivity contribution in [1.82, 2.24) is 0 Å². The molecule has 0 aliphatic heterocycles. The lowest BCUT2D eigenvalue weighted by molar-refractivity contribution is 1.14. The molecule has 0 aromatic heterocycles. The molecule has 0 fully saturated rings. The lowest BCUT2D eigenvalue weighted by Crippen LogP contribution is -1.96. The Hall–Kier alpha value is -0.930. The van der Waals surface area contributed by atoms with Crippen LogP contribution in [0.4, 0.5) is 0 Å². The summed E-state index contributed by atoms with van der Waals surface area (Å²) in [6, 6.07) is 8.19. The normalized spacial score (nSPS) is 11.7. The van der Waals surface area contributed by atoms with Gasteiger partial charge >= 0.3 is 0 Å². The second-order valence-electron chi connectivity index (χ2n) is 2.76. The third-order valence-electron chi connectivity index (χ3n) is 1.89. The summed E-state index contributed by atoms with van der Waals surface area (Å²) < 4.78 is 0. The van der Waals surface area contributed by atoms with Crippen LogP contribution in [0.2, 0.25) is 0 Å². The molecule has 0 aliphatic rings. The van der Waals surface area contributed by atoms with Crippen LogP contribution >= 0.6 is 11.9 Å². The van der Waals surface area contributed by atoms with Crippen LogP contribution in [0.1, 0.15) is 18.1 Å². The molecule has 1 aromatic carbocycles. The van der Waals surface area contributed by atoms with Crippen molar-refractivity contribution in [3.63, 3.8) is 0 Å². The van der Waals surface area contributed by atoms with Gasteiger partial charge in [-0.3, -0.25) is 5.14 Å². The van der Waals surface area contributed by atoms with E-state index in [1.807, 2.05) is 12.1 Å². The first-order valence-corrected chi connectivity index (χ1v) is 5.12. The fourth-order valence-corrected chi connectivity index (χ4v) is 1.36. The van der Waals surface area contributed by atoms with Crippen LogP contribution in [0, 0.1) is 0 Å². The van der Waals surface area contributed by atoms with E-state index in [2.05, 4.69) is 19.1 Å². The van der Waals surface area contributed by atoms with Crippen LogP contribution in [0.5, 0.6) is 0 Å². The van der Waals surface area contributed by atoms with Gasteiger partial charge in [-0.2, -0.15) is 0 Å². The van der Waals surface area contributed by atoms with Gasteiger partial charge in [0, 0.05) is 11.1 Å². The van der Waals surface area contributed by atoms with Crippen molar-refractivity contribution >= 4 is 17.6 Å². The van der Waals surface area contributed by atoms with E-state index in [1.165, 1.54) is 5.56 Å². The highest BCUT2D eigenvalue weighted by molar-refractivity contribution is 8.00. The minimum Gasteiger partial charge on any atom is -0.398 e. The Labute approximate surface area is 83.1 Å². The molecular weight excluding hydrogens is 180 g/mol. The molecule has 0 unspecified atom stereocenters. The Morgan fingerprint density at radius 2 is 2.00 bits per heavy atom. The third-order valence-corrected chi connectivity index (χ3v) is 2.28. The van der Waals surface area contributed by atoms with Crippen LogP contribution < -0.4 is 10.9 Å². The first kappa shape index (κ1) is 10.2. The second kappa shape index (κ2) is 4.94. The zero-order chi connectivity index (χ0) is 9.68. The molecule has 3 heteroatoms. The Morgan fingerprint density at radius 1 is 1.38 bits per heavy atom. The van der Waals surface area contributed by atoms with Gasteiger partial charge in [0.2, 0.25) is 0 Å². The van der Waals surface area contributed by atoms with Gasteiger partial charge in [0.1, 0.15) is 0 Å².